The summed E-state index contributed by atoms with van der Waals surface area (Å²) in [5, 5.41) is 15.1. The largest absolute Gasteiger partial charge is 0.358 e. The van der Waals surface area contributed by atoms with Crippen LogP contribution in [0, 0.1) is 13.8 Å². The fraction of sp³-hybridized carbons (Fsp3) is 0.200. The van der Waals surface area contributed by atoms with Crippen molar-refractivity contribution in [2.24, 2.45) is 0 Å². The number of anilines is 3. The molecule has 9 nitrogen and oxygen atoms in total. The molecule has 220 valence electrons. The molecule has 2 amide bonds. The monoisotopic (exact) mass is 583 g/mol. The van der Waals surface area contributed by atoms with Crippen molar-refractivity contribution in [3.05, 3.63) is 101 Å². The van der Waals surface area contributed by atoms with E-state index >= 15 is 0 Å². The number of aromatic amines is 2. The number of hydrogen-bond donors (Lipinski definition) is 4. The molecule has 0 saturated carbocycles. The number of piperidine rings is 1. The van der Waals surface area contributed by atoms with E-state index in [1.54, 1.807) is 0 Å². The van der Waals surface area contributed by atoms with Gasteiger partial charge in [-0.1, -0.05) is 48.5 Å². The summed E-state index contributed by atoms with van der Waals surface area (Å²) in [6.45, 7) is 5.46. The molecular weight excluding hydrogens is 550 g/mol. The van der Waals surface area contributed by atoms with Crippen LogP contribution in [0.4, 0.5) is 17.1 Å². The highest BCUT2D eigenvalue weighted by atomic mass is 16.2. The Labute approximate surface area is 255 Å². The van der Waals surface area contributed by atoms with Crippen LogP contribution in [0.2, 0.25) is 0 Å². The number of carbonyl (C=O) groups is 2. The van der Waals surface area contributed by atoms with E-state index in [9.17, 15) is 9.59 Å². The lowest BCUT2D eigenvalue weighted by Crippen LogP contribution is -2.36. The molecule has 5 aromatic rings. The second kappa shape index (κ2) is 11.3. The third-order valence-electron chi connectivity index (χ3n) is 8.38. The third kappa shape index (κ3) is 5.17. The maximum Gasteiger partial charge on any atom is 0.256 e. The summed E-state index contributed by atoms with van der Waals surface area (Å²) in [7, 11) is 0. The lowest BCUT2D eigenvalue weighted by Gasteiger charge is -2.27. The van der Waals surface area contributed by atoms with Gasteiger partial charge in [-0.05, 0) is 69.0 Å². The fourth-order valence-electron chi connectivity index (χ4n) is 6.08. The molecular formula is C35H33N7O2. The summed E-state index contributed by atoms with van der Waals surface area (Å²) in [6, 6.07) is 23.7. The summed E-state index contributed by atoms with van der Waals surface area (Å²) in [6.07, 6.45) is 5.11. The number of likely N-dealkylation sites (tertiary alicyclic amines) is 1. The van der Waals surface area contributed by atoms with E-state index in [1.165, 1.54) is 6.42 Å². The van der Waals surface area contributed by atoms with Gasteiger partial charge in [-0.2, -0.15) is 0 Å². The van der Waals surface area contributed by atoms with Crippen LogP contribution in [0.3, 0.4) is 0 Å². The molecule has 0 radical (unpaired) electrons. The van der Waals surface area contributed by atoms with Crippen molar-refractivity contribution in [1.82, 2.24) is 25.1 Å². The van der Waals surface area contributed by atoms with Crippen molar-refractivity contribution in [3.63, 3.8) is 0 Å². The number of H-pyrrole nitrogens is 2. The molecule has 0 bridgehead atoms. The zero-order chi connectivity index (χ0) is 30.2. The number of rotatable bonds is 6. The van der Waals surface area contributed by atoms with Gasteiger partial charge in [0.1, 0.15) is 0 Å². The standard InChI is InChI=1S/C35H33N7O2/c1-21-29(36-22(2)31(21)35(44)42-16-7-4-8-17-42)20-28-27-15-14-26(19-30(27)38-34(28)43)37-25-13-9-12-24(18-25)33-39-32(40-41-33)23-10-5-3-6-11-23/h3,5-6,9-15,18-20,36-37H,4,7-8,16-17H2,1-2H3,(H,38,43)(H,39,40,41). The first-order valence-electron chi connectivity index (χ1n) is 15.0. The van der Waals surface area contributed by atoms with Crippen molar-refractivity contribution < 1.29 is 9.59 Å². The second-order valence-electron chi connectivity index (χ2n) is 11.4. The number of amides is 2. The van der Waals surface area contributed by atoms with Gasteiger partial charge in [0.05, 0.1) is 16.8 Å². The summed E-state index contributed by atoms with van der Waals surface area (Å²) in [4.78, 5) is 35.0. The first-order chi connectivity index (χ1) is 21.4. The minimum absolute atomic E-state index is 0.0663. The first-order valence-corrected chi connectivity index (χ1v) is 15.0. The van der Waals surface area contributed by atoms with E-state index in [0.29, 0.717) is 22.8 Å². The molecule has 0 spiro atoms. The predicted octanol–water partition coefficient (Wildman–Crippen LogP) is 6.95. The summed E-state index contributed by atoms with van der Waals surface area (Å²) in [5.41, 5.74) is 8.89. The van der Waals surface area contributed by atoms with Crippen LogP contribution in [0.25, 0.3) is 34.4 Å². The highest BCUT2D eigenvalue weighted by Crippen LogP contribution is 2.37. The Morgan fingerprint density at radius 3 is 2.36 bits per heavy atom. The van der Waals surface area contributed by atoms with Gasteiger partial charge >= 0.3 is 0 Å². The minimum atomic E-state index is -0.172. The van der Waals surface area contributed by atoms with Gasteiger partial charge in [0.2, 0.25) is 0 Å². The number of aromatic nitrogens is 4. The molecule has 9 heteroatoms. The molecule has 44 heavy (non-hydrogen) atoms. The van der Waals surface area contributed by atoms with Gasteiger partial charge in [-0.15, -0.1) is 10.2 Å². The Bertz CT molecular complexity index is 1910. The Kier molecular flexibility index (Phi) is 7.06. The van der Waals surface area contributed by atoms with Gasteiger partial charge in [0.15, 0.2) is 11.6 Å². The second-order valence-corrected chi connectivity index (χ2v) is 11.4. The normalized spacial score (nSPS) is 15.4. The van der Waals surface area contributed by atoms with Crippen molar-refractivity contribution in [1.29, 1.82) is 0 Å². The molecule has 7 rings (SSSR count). The van der Waals surface area contributed by atoms with Crippen molar-refractivity contribution in [2.45, 2.75) is 33.1 Å². The summed E-state index contributed by atoms with van der Waals surface area (Å²) >= 11 is 0. The number of hydrogen-bond acceptors (Lipinski definition) is 5. The van der Waals surface area contributed by atoms with Gasteiger partial charge in [-0.25, -0.2) is 0 Å². The van der Waals surface area contributed by atoms with E-state index in [1.807, 2.05) is 97.6 Å². The van der Waals surface area contributed by atoms with Crippen LogP contribution >= 0.6 is 0 Å². The Morgan fingerprint density at radius 2 is 1.57 bits per heavy atom. The third-order valence-corrected chi connectivity index (χ3v) is 8.38. The smallest absolute Gasteiger partial charge is 0.256 e. The fourth-order valence-corrected chi connectivity index (χ4v) is 6.08. The van der Waals surface area contributed by atoms with E-state index in [2.05, 4.69) is 30.8 Å². The molecule has 0 unspecified atom stereocenters. The van der Waals surface area contributed by atoms with Gasteiger partial charge in [-0.3, -0.25) is 9.59 Å². The molecule has 3 aromatic carbocycles. The van der Waals surface area contributed by atoms with Gasteiger partial charge in [0, 0.05) is 52.5 Å². The number of nitrogens with one attached hydrogen (secondary N) is 4. The molecule has 2 aromatic heterocycles. The Balaban J connectivity index is 1.11. The van der Waals surface area contributed by atoms with Crippen LogP contribution in [0.15, 0.2) is 72.8 Å². The SMILES string of the molecule is Cc1[nH]c(C=C2C(=O)Nc3cc(Nc4cccc(-c5nnc(-c6ccccc6)[nH]5)c4)ccc32)c(C)c1C(=O)N1CCCCC1. The molecule has 0 atom stereocenters. The van der Waals surface area contributed by atoms with Crippen LogP contribution < -0.4 is 10.6 Å². The Morgan fingerprint density at radius 1 is 0.841 bits per heavy atom. The maximum atomic E-state index is 13.3. The Hall–Kier alpha value is -5.44. The quantitative estimate of drug-likeness (QED) is 0.161. The average molecular weight is 584 g/mol. The van der Waals surface area contributed by atoms with Gasteiger partial charge in [0.25, 0.3) is 11.8 Å². The number of nitrogens with zero attached hydrogens (tertiary/aromatic N) is 3. The van der Waals surface area contributed by atoms with E-state index < -0.39 is 0 Å². The average Bonchev–Trinajstić information content (AvgIpc) is 3.74. The molecule has 2 aliphatic heterocycles. The van der Waals surface area contributed by atoms with Crippen LogP contribution in [-0.2, 0) is 4.79 Å². The van der Waals surface area contributed by atoms with Crippen molar-refractivity contribution in [3.8, 4) is 22.8 Å². The highest BCUT2D eigenvalue weighted by Gasteiger charge is 2.27. The zero-order valence-corrected chi connectivity index (χ0v) is 24.7. The lowest BCUT2D eigenvalue weighted by molar-refractivity contribution is -0.110. The van der Waals surface area contributed by atoms with Crippen LogP contribution in [0.1, 0.15) is 52.1 Å². The first kappa shape index (κ1) is 27.4. The topological polar surface area (TPSA) is 119 Å². The lowest BCUT2D eigenvalue weighted by atomic mass is 10.0. The predicted molar refractivity (Wildman–Crippen MR) is 174 cm³/mol. The zero-order valence-electron chi connectivity index (χ0n) is 24.7. The van der Waals surface area contributed by atoms with E-state index in [-0.39, 0.29) is 11.8 Å². The molecule has 0 aliphatic carbocycles. The minimum Gasteiger partial charge on any atom is -0.358 e. The molecule has 4 N–H and O–H groups in total. The van der Waals surface area contributed by atoms with E-state index in [4.69, 9.17) is 0 Å². The molecule has 2 aliphatic rings. The molecule has 4 heterocycles. The number of benzene rings is 3. The van der Waals surface area contributed by atoms with E-state index in [0.717, 1.165) is 76.6 Å². The summed E-state index contributed by atoms with van der Waals surface area (Å²) < 4.78 is 0. The van der Waals surface area contributed by atoms with Crippen LogP contribution in [0.5, 0.6) is 0 Å². The number of aryl methyl sites for hydroxylation is 1. The highest BCUT2D eigenvalue weighted by molar-refractivity contribution is 6.35. The molecule has 1 saturated heterocycles. The van der Waals surface area contributed by atoms with Gasteiger partial charge < -0.3 is 25.5 Å². The summed E-state index contributed by atoms with van der Waals surface area (Å²) in [5.74, 6) is 1.29. The van der Waals surface area contributed by atoms with Crippen molar-refractivity contribution in [2.75, 3.05) is 23.7 Å². The maximum absolute atomic E-state index is 13.3. The number of fused-ring (bicyclic) bond motifs is 1. The molecule has 1 fully saturated rings. The van der Waals surface area contributed by atoms with Crippen molar-refractivity contribution >= 4 is 40.5 Å². The number of carbonyl (C=O) groups excluding carboxylic acids is 2. The van der Waals surface area contributed by atoms with Crippen LogP contribution in [-0.4, -0.2) is 50.0 Å².